The Bertz CT molecular complexity index is 999. The summed E-state index contributed by atoms with van der Waals surface area (Å²) in [5, 5.41) is 2.15. The lowest BCUT2D eigenvalue weighted by Crippen LogP contribution is -2.38. The molecule has 0 atom stereocenters. The van der Waals surface area contributed by atoms with Crippen molar-refractivity contribution in [3.63, 3.8) is 0 Å². The predicted molar refractivity (Wildman–Crippen MR) is 123 cm³/mol. The fourth-order valence-corrected chi connectivity index (χ4v) is 4.37. The van der Waals surface area contributed by atoms with E-state index in [0.29, 0.717) is 10.7 Å². The zero-order chi connectivity index (χ0) is 22.8. The van der Waals surface area contributed by atoms with Gasteiger partial charge in [-0.25, -0.2) is 0 Å². The van der Waals surface area contributed by atoms with Crippen molar-refractivity contribution in [2.45, 2.75) is 11.3 Å². The highest BCUT2D eigenvalue weighted by atomic mass is 32.2. The van der Waals surface area contributed by atoms with Crippen LogP contribution in [0.1, 0.15) is 12.0 Å². The average molecular weight is 472 g/mol. The van der Waals surface area contributed by atoms with Gasteiger partial charge < -0.3 is 10.1 Å². The summed E-state index contributed by atoms with van der Waals surface area (Å²) in [6.07, 6.45) is 5.00. The fourth-order valence-electron chi connectivity index (χ4n) is 2.65. The van der Waals surface area contributed by atoms with Gasteiger partial charge in [0.1, 0.15) is 0 Å². The highest BCUT2D eigenvalue weighted by Crippen LogP contribution is 2.31. The van der Waals surface area contributed by atoms with Crippen LogP contribution in [0.2, 0.25) is 0 Å². The number of hydrogen-bond acceptors (Lipinski definition) is 8. The third-order valence-corrected chi connectivity index (χ3v) is 6.12. The molecule has 1 aliphatic rings. The Morgan fingerprint density at radius 2 is 1.97 bits per heavy atom. The van der Waals surface area contributed by atoms with Gasteiger partial charge in [0.25, 0.3) is 17.1 Å². The number of carbonyl (C=O) groups excluding carboxylic acids is 4. The number of nitrogens with one attached hydrogen (secondary N) is 1. The third-order valence-electron chi connectivity index (χ3n) is 4.20. The number of hydrogen-bond donors (Lipinski definition) is 1. The zero-order valence-electron chi connectivity index (χ0n) is 17.1. The quantitative estimate of drug-likeness (QED) is 0.320. The minimum Gasteiger partial charge on any atom is -0.456 e. The molecular formula is C22H21N3O5S2. The van der Waals surface area contributed by atoms with Crippen molar-refractivity contribution in [3.05, 3.63) is 65.3 Å². The molecule has 8 nitrogen and oxygen atoms in total. The number of benzene rings is 1. The number of ether oxygens (including phenoxy) is 1. The lowest BCUT2D eigenvalue weighted by atomic mass is 10.2. The summed E-state index contributed by atoms with van der Waals surface area (Å²) >= 11 is 2.37. The van der Waals surface area contributed by atoms with Crippen LogP contribution in [-0.2, 0) is 19.1 Å². The molecule has 166 valence electrons. The molecule has 1 N–H and O–H groups in total. The van der Waals surface area contributed by atoms with Gasteiger partial charge >= 0.3 is 5.97 Å². The first-order chi connectivity index (χ1) is 15.5. The van der Waals surface area contributed by atoms with Crippen molar-refractivity contribution >= 4 is 52.6 Å². The highest BCUT2D eigenvalue weighted by Gasteiger charge is 2.34. The molecule has 0 aliphatic carbocycles. The van der Waals surface area contributed by atoms with Crippen LogP contribution in [0.5, 0.6) is 0 Å². The number of imide groups is 1. The Hall–Kier alpha value is -3.11. The SMILES string of the molecule is O=C(COC(=O)CCSc1ccccc1)NCCN1C(=O)S/C(=C\c2cccnc2)C1=O. The van der Waals surface area contributed by atoms with Gasteiger partial charge in [0.2, 0.25) is 0 Å². The van der Waals surface area contributed by atoms with Crippen LogP contribution >= 0.6 is 23.5 Å². The summed E-state index contributed by atoms with van der Waals surface area (Å²) in [6.45, 7) is -0.307. The van der Waals surface area contributed by atoms with E-state index in [-0.39, 0.29) is 19.5 Å². The Morgan fingerprint density at radius 3 is 2.72 bits per heavy atom. The molecule has 0 spiro atoms. The summed E-state index contributed by atoms with van der Waals surface area (Å²) in [6, 6.07) is 13.2. The molecule has 1 aromatic heterocycles. The van der Waals surface area contributed by atoms with Crippen molar-refractivity contribution in [3.8, 4) is 0 Å². The van der Waals surface area contributed by atoms with Crippen LogP contribution in [-0.4, -0.2) is 58.4 Å². The van der Waals surface area contributed by atoms with E-state index in [4.69, 9.17) is 4.74 Å². The van der Waals surface area contributed by atoms with E-state index >= 15 is 0 Å². The van der Waals surface area contributed by atoms with Gasteiger partial charge in [-0.15, -0.1) is 11.8 Å². The first kappa shape index (κ1) is 23.6. The molecule has 3 rings (SSSR count). The molecule has 3 amide bonds. The Labute approximate surface area is 193 Å². The number of esters is 1. The number of amides is 3. The summed E-state index contributed by atoms with van der Waals surface area (Å²) in [5.74, 6) is -0.821. The van der Waals surface area contributed by atoms with Crippen molar-refractivity contribution in [1.82, 2.24) is 15.2 Å². The van der Waals surface area contributed by atoms with Gasteiger partial charge in [0.15, 0.2) is 6.61 Å². The van der Waals surface area contributed by atoms with E-state index in [2.05, 4.69) is 10.3 Å². The molecule has 2 aromatic rings. The Kier molecular flexibility index (Phi) is 8.88. The fraction of sp³-hybridized carbons (Fsp3) is 0.227. The Balaban J connectivity index is 1.33. The summed E-state index contributed by atoms with van der Waals surface area (Å²) in [4.78, 5) is 54.6. The van der Waals surface area contributed by atoms with Crippen LogP contribution in [0.15, 0.2) is 64.7 Å². The van der Waals surface area contributed by atoms with E-state index in [0.717, 1.165) is 27.1 Å². The lowest BCUT2D eigenvalue weighted by Gasteiger charge is -2.13. The largest absolute Gasteiger partial charge is 0.456 e. The lowest BCUT2D eigenvalue weighted by molar-refractivity contribution is -0.148. The van der Waals surface area contributed by atoms with E-state index in [1.54, 1.807) is 30.6 Å². The summed E-state index contributed by atoms with van der Waals surface area (Å²) < 4.78 is 4.96. The first-order valence-corrected chi connectivity index (χ1v) is 11.6. The second-order valence-corrected chi connectivity index (χ2v) is 8.70. The van der Waals surface area contributed by atoms with Gasteiger partial charge in [0, 0.05) is 36.1 Å². The molecule has 10 heteroatoms. The maximum absolute atomic E-state index is 12.4. The molecule has 1 saturated heterocycles. The molecule has 32 heavy (non-hydrogen) atoms. The van der Waals surface area contributed by atoms with Crippen LogP contribution in [0.4, 0.5) is 4.79 Å². The van der Waals surface area contributed by atoms with Crippen LogP contribution in [0, 0.1) is 0 Å². The van der Waals surface area contributed by atoms with E-state index in [1.165, 1.54) is 11.8 Å². The van der Waals surface area contributed by atoms with Crippen molar-refractivity contribution < 1.29 is 23.9 Å². The normalized spacial score (nSPS) is 14.6. The van der Waals surface area contributed by atoms with E-state index in [1.807, 2.05) is 30.3 Å². The molecule has 0 bridgehead atoms. The molecule has 1 fully saturated rings. The van der Waals surface area contributed by atoms with Crippen molar-refractivity contribution in [2.24, 2.45) is 0 Å². The number of thioether (sulfide) groups is 2. The predicted octanol–water partition coefficient (Wildman–Crippen LogP) is 2.96. The van der Waals surface area contributed by atoms with Crippen LogP contribution in [0.25, 0.3) is 6.08 Å². The highest BCUT2D eigenvalue weighted by molar-refractivity contribution is 8.18. The summed E-state index contributed by atoms with van der Waals surface area (Å²) in [5.41, 5.74) is 0.718. The van der Waals surface area contributed by atoms with Crippen molar-refractivity contribution in [1.29, 1.82) is 0 Å². The topological polar surface area (TPSA) is 106 Å². The number of nitrogens with zero attached hydrogens (tertiary/aromatic N) is 2. The van der Waals surface area contributed by atoms with E-state index in [9.17, 15) is 19.2 Å². The minimum absolute atomic E-state index is 0.0302. The molecule has 0 radical (unpaired) electrons. The second kappa shape index (κ2) is 12.1. The Morgan fingerprint density at radius 1 is 1.16 bits per heavy atom. The number of aromatic nitrogens is 1. The molecular weight excluding hydrogens is 450 g/mol. The van der Waals surface area contributed by atoms with E-state index < -0.39 is 29.6 Å². The van der Waals surface area contributed by atoms with Gasteiger partial charge in [-0.05, 0) is 41.6 Å². The van der Waals surface area contributed by atoms with Crippen molar-refractivity contribution in [2.75, 3.05) is 25.4 Å². The average Bonchev–Trinajstić information content (AvgIpc) is 3.06. The van der Waals surface area contributed by atoms with Gasteiger partial charge in [-0.3, -0.25) is 29.1 Å². The second-order valence-electron chi connectivity index (χ2n) is 6.54. The molecule has 1 aromatic carbocycles. The molecule has 1 aliphatic heterocycles. The summed E-state index contributed by atoms with van der Waals surface area (Å²) in [7, 11) is 0. The molecule has 0 saturated carbocycles. The minimum atomic E-state index is -0.494. The monoisotopic (exact) mass is 471 g/mol. The van der Waals surface area contributed by atoms with Crippen LogP contribution < -0.4 is 5.32 Å². The zero-order valence-corrected chi connectivity index (χ0v) is 18.7. The number of rotatable bonds is 10. The van der Waals surface area contributed by atoms with Gasteiger partial charge in [-0.2, -0.15) is 0 Å². The maximum atomic E-state index is 12.4. The maximum Gasteiger partial charge on any atom is 0.307 e. The molecule has 2 heterocycles. The standard InChI is InChI=1S/C22H21N3O5S2/c26-19(15-30-20(27)8-12-31-17-6-2-1-3-7-17)24-10-11-25-21(28)18(32-22(25)29)13-16-5-4-9-23-14-16/h1-7,9,13-14H,8,10-12,15H2,(H,24,26)/b18-13-. The van der Waals surface area contributed by atoms with Crippen LogP contribution in [0.3, 0.4) is 0 Å². The number of pyridine rings is 1. The third kappa shape index (κ3) is 7.24. The smallest absolute Gasteiger partial charge is 0.307 e. The van der Waals surface area contributed by atoms with Gasteiger partial charge in [0.05, 0.1) is 11.3 Å². The first-order valence-electron chi connectivity index (χ1n) is 9.78. The number of carbonyl (C=O) groups is 4. The molecule has 0 unspecified atom stereocenters. The van der Waals surface area contributed by atoms with Gasteiger partial charge in [-0.1, -0.05) is 24.3 Å².